The van der Waals surface area contributed by atoms with E-state index < -0.39 is 0 Å². The highest BCUT2D eigenvalue weighted by molar-refractivity contribution is 7.99. The summed E-state index contributed by atoms with van der Waals surface area (Å²) >= 11 is 7.24. The first-order valence-corrected chi connectivity index (χ1v) is 11.2. The Kier molecular flexibility index (Phi) is 7.70. The molecular formula is C22H24ClN5O2S. The van der Waals surface area contributed by atoms with E-state index in [0.717, 1.165) is 5.56 Å². The van der Waals surface area contributed by atoms with Crippen molar-refractivity contribution in [3.63, 3.8) is 0 Å². The molecule has 0 aliphatic carbocycles. The lowest BCUT2D eigenvalue weighted by molar-refractivity contribution is -0.113. The number of rotatable bonds is 8. The molecule has 1 aromatic heterocycles. The molecule has 3 rings (SSSR count). The minimum Gasteiger partial charge on any atom is -0.342 e. The van der Waals surface area contributed by atoms with E-state index in [4.69, 9.17) is 11.6 Å². The summed E-state index contributed by atoms with van der Waals surface area (Å²) in [5.74, 6) is 0.479. The van der Waals surface area contributed by atoms with Crippen molar-refractivity contribution in [3.8, 4) is 0 Å². The van der Waals surface area contributed by atoms with Crippen LogP contribution in [0.5, 0.6) is 0 Å². The largest absolute Gasteiger partial charge is 0.342 e. The van der Waals surface area contributed by atoms with Crippen LogP contribution >= 0.6 is 23.4 Å². The Labute approximate surface area is 190 Å². The minimum absolute atomic E-state index is 0.166. The second kappa shape index (κ2) is 10.5. The van der Waals surface area contributed by atoms with E-state index in [9.17, 15) is 9.59 Å². The highest BCUT2D eigenvalue weighted by Crippen LogP contribution is 2.22. The number of thioether (sulfide) groups is 1. The second-order valence-electron chi connectivity index (χ2n) is 7.00. The Morgan fingerprint density at radius 3 is 2.65 bits per heavy atom. The van der Waals surface area contributed by atoms with Crippen molar-refractivity contribution in [1.29, 1.82) is 0 Å². The third-order valence-corrected chi connectivity index (χ3v) is 5.72. The average Bonchev–Trinajstić information content (AvgIpc) is 3.15. The van der Waals surface area contributed by atoms with Gasteiger partial charge in [0.1, 0.15) is 0 Å². The number of amides is 2. The molecule has 0 spiro atoms. The fourth-order valence-electron chi connectivity index (χ4n) is 3.05. The molecule has 31 heavy (non-hydrogen) atoms. The van der Waals surface area contributed by atoms with E-state index >= 15 is 0 Å². The van der Waals surface area contributed by atoms with Crippen LogP contribution in [0.2, 0.25) is 5.02 Å². The molecular weight excluding hydrogens is 434 g/mol. The van der Waals surface area contributed by atoms with Crippen molar-refractivity contribution in [2.75, 3.05) is 11.1 Å². The van der Waals surface area contributed by atoms with E-state index in [1.165, 1.54) is 11.8 Å². The number of aromatic nitrogens is 3. The minimum atomic E-state index is -0.338. The Morgan fingerprint density at radius 2 is 1.94 bits per heavy atom. The number of hydrogen-bond donors (Lipinski definition) is 2. The number of carbonyl (C=O) groups excluding carboxylic acids is 2. The Morgan fingerprint density at radius 1 is 1.16 bits per heavy atom. The monoisotopic (exact) mass is 457 g/mol. The molecule has 0 unspecified atom stereocenters. The van der Waals surface area contributed by atoms with Gasteiger partial charge in [0.2, 0.25) is 5.91 Å². The quantitative estimate of drug-likeness (QED) is 0.487. The summed E-state index contributed by atoms with van der Waals surface area (Å²) in [6.07, 6.45) is 0. The summed E-state index contributed by atoms with van der Waals surface area (Å²) in [4.78, 5) is 24.8. The van der Waals surface area contributed by atoms with Gasteiger partial charge >= 0.3 is 0 Å². The molecule has 0 saturated carbocycles. The molecule has 0 aliphatic heterocycles. The van der Waals surface area contributed by atoms with Gasteiger partial charge in [0.15, 0.2) is 11.0 Å². The number of nitrogens with one attached hydrogen (secondary N) is 2. The Bertz CT molecular complexity index is 1090. The molecule has 0 fully saturated rings. The van der Waals surface area contributed by atoms with Crippen molar-refractivity contribution in [2.24, 2.45) is 0 Å². The van der Waals surface area contributed by atoms with Crippen LogP contribution < -0.4 is 10.6 Å². The first-order valence-electron chi connectivity index (χ1n) is 9.86. The summed E-state index contributed by atoms with van der Waals surface area (Å²) < 4.78 is 1.90. The highest BCUT2D eigenvalue weighted by atomic mass is 35.5. The lowest BCUT2D eigenvalue weighted by Gasteiger charge is -2.15. The molecule has 3 aromatic rings. The van der Waals surface area contributed by atoms with Gasteiger partial charge in [0, 0.05) is 22.8 Å². The van der Waals surface area contributed by atoms with Gasteiger partial charge in [0.05, 0.1) is 11.8 Å². The topological polar surface area (TPSA) is 88.9 Å². The lowest BCUT2D eigenvalue weighted by atomic mass is 10.1. The standard InChI is InChI=1S/C22H24ClN5O2S/c1-4-28-20(15(3)24-21(30)16-8-5-7-14(2)11-16)26-27-22(28)31-13-19(29)25-18-10-6-9-17(23)12-18/h5-12,15H,4,13H2,1-3H3,(H,24,30)(H,25,29)/t15-/m0/s1. The predicted molar refractivity (Wildman–Crippen MR) is 124 cm³/mol. The number of carbonyl (C=O) groups is 2. The molecule has 0 bridgehead atoms. The molecule has 2 aromatic carbocycles. The first kappa shape index (κ1) is 22.8. The number of anilines is 1. The zero-order valence-corrected chi connectivity index (χ0v) is 19.1. The Balaban J connectivity index is 1.63. The van der Waals surface area contributed by atoms with Gasteiger partial charge in [0.25, 0.3) is 5.91 Å². The number of hydrogen-bond acceptors (Lipinski definition) is 5. The fourth-order valence-corrected chi connectivity index (χ4v) is 4.05. The number of aryl methyl sites for hydroxylation is 1. The van der Waals surface area contributed by atoms with Gasteiger partial charge in [-0.05, 0) is 51.1 Å². The second-order valence-corrected chi connectivity index (χ2v) is 8.38. The van der Waals surface area contributed by atoms with Crippen molar-refractivity contribution < 1.29 is 9.59 Å². The first-order chi connectivity index (χ1) is 14.9. The third kappa shape index (κ3) is 6.08. The maximum Gasteiger partial charge on any atom is 0.251 e. The summed E-state index contributed by atoms with van der Waals surface area (Å²) in [5.41, 5.74) is 2.26. The molecule has 9 heteroatoms. The van der Waals surface area contributed by atoms with E-state index in [1.807, 2.05) is 43.5 Å². The van der Waals surface area contributed by atoms with Crippen LogP contribution in [0.4, 0.5) is 5.69 Å². The van der Waals surface area contributed by atoms with Gasteiger partial charge in [-0.15, -0.1) is 10.2 Å². The van der Waals surface area contributed by atoms with Crippen LogP contribution in [0.25, 0.3) is 0 Å². The van der Waals surface area contributed by atoms with E-state index in [0.29, 0.717) is 33.8 Å². The average molecular weight is 458 g/mol. The zero-order valence-electron chi connectivity index (χ0n) is 17.6. The molecule has 0 saturated heterocycles. The molecule has 1 heterocycles. The van der Waals surface area contributed by atoms with Gasteiger partial charge in [-0.1, -0.05) is 47.1 Å². The van der Waals surface area contributed by atoms with E-state index in [-0.39, 0.29) is 23.6 Å². The molecule has 0 aliphatic rings. The van der Waals surface area contributed by atoms with E-state index in [1.54, 1.807) is 30.3 Å². The summed E-state index contributed by atoms with van der Waals surface area (Å²) in [6.45, 7) is 6.40. The maximum atomic E-state index is 12.6. The van der Waals surface area contributed by atoms with Crippen molar-refractivity contribution in [1.82, 2.24) is 20.1 Å². The molecule has 162 valence electrons. The van der Waals surface area contributed by atoms with Crippen LogP contribution in [0, 0.1) is 6.92 Å². The number of halogens is 1. The van der Waals surface area contributed by atoms with Crippen LogP contribution in [-0.2, 0) is 11.3 Å². The van der Waals surface area contributed by atoms with Gasteiger partial charge in [-0.2, -0.15) is 0 Å². The normalized spacial score (nSPS) is 11.7. The van der Waals surface area contributed by atoms with Crippen LogP contribution in [0.15, 0.2) is 53.7 Å². The maximum absolute atomic E-state index is 12.6. The smallest absolute Gasteiger partial charge is 0.251 e. The van der Waals surface area contributed by atoms with Gasteiger partial charge < -0.3 is 15.2 Å². The van der Waals surface area contributed by atoms with Crippen LogP contribution in [-0.4, -0.2) is 32.3 Å². The number of nitrogens with zero attached hydrogens (tertiary/aromatic N) is 3. The zero-order chi connectivity index (χ0) is 22.4. The third-order valence-electron chi connectivity index (χ3n) is 4.52. The van der Waals surface area contributed by atoms with Crippen molar-refractivity contribution in [3.05, 3.63) is 70.5 Å². The summed E-state index contributed by atoms with van der Waals surface area (Å²) in [5, 5.41) is 15.4. The molecule has 1 atom stereocenters. The molecule has 2 amide bonds. The van der Waals surface area contributed by atoms with Gasteiger partial charge in [-0.3, -0.25) is 9.59 Å². The van der Waals surface area contributed by atoms with Crippen LogP contribution in [0.3, 0.4) is 0 Å². The van der Waals surface area contributed by atoms with Crippen LogP contribution in [0.1, 0.15) is 41.6 Å². The lowest BCUT2D eigenvalue weighted by Crippen LogP contribution is -2.28. The van der Waals surface area contributed by atoms with Crippen molar-refractivity contribution in [2.45, 2.75) is 38.5 Å². The highest BCUT2D eigenvalue weighted by Gasteiger charge is 2.20. The predicted octanol–water partition coefficient (Wildman–Crippen LogP) is 4.48. The van der Waals surface area contributed by atoms with Gasteiger partial charge in [-0.25, -0.2) is 0 Å². The summed E-state index contributed by atoms with van der Waals surface area (Å²) in [7, 11) is 0. The molecule has 7 nitrogen and oxygen atoms in total. The van der Waals surface area contributed by atoms with Crippen molar-refractivity contribution >= 4 is 40.9 Å². The molecule has 2 N–H and O–H groups in total. The molecule has 0 radical (unpaired) electrons. The fraction of sp³-hybridized carbons (Fsp3) is 0.273. The van der Waals surface area contributed by atoms with E-state index in [2.05, 4.69) is 20.8 Å². The summed E-state index contributed by atoms with van der Waals surface area (Å²) in [6, 6.07) is 14.1. The Hall–Kier alpha value is -2.84. The number of benzene rings is 2. The SMILES string of the molecule is CCn1c(SCC(=O)Nc2cccc(Cl)c2)nnc1[C@H](C)NC(=O)c1cccc(C)c1.